The molecule has 0 atom stereocenters. The van der Waals surface area contributed by atoms with Crippen molar-refractivity contribution in [3.63, 3.8) is 0 Å². The zero-order chi connectivity index (χ0) is 10.7. The number of ether oxygens (including phenoxy) is 1. The summed E-state index contributed by atoms with van der Waals surface area (Å²) in [6, 6.07) is 7.16. The lowest BCUT2D eigenvalue weighted by Crippen LogP contribution is -2.33. The summed E-state index contributed by atoms with van der Waals surface area (Å²) in [4.78, 5) is 3.32. The standard InChI is InChI=1S/C12H13NO2/c1-13-11-4-2-10(3-5-11)12(14)6-8-15-9-7-12/h2-5,14H,6-9H2. The number of aliphatic hydroxyl groups is 1. The number of nitrogens with zero attached hydrogens (tertiary/aromatic N) is 1. The van der Waals surface area contributed by atoms with Gasteiger partial charge in [-0.1, -0.05) is 24.3 Å². The number of rotatable bonds is 1. The van der Waals surface area contributed by atoms with Crippen molar-refractivity contribution in [2.24, 2.45) is 0 Å². The third kappa shape index (κ3) is 2.01. The van der Waals surface area contributed by atoms with Gasteiger partial charge in [-0.15, -0.1) is 0 Å². The summed E-state index contributed by atoms with van der Waals surface area (Å²) in [7, 11) is 0. The molecule has 0 unspecified atom stereocenters. The van der Waals surface area contributed by atoms with Crippen LogP contribution in [0.15, 0.2) is 24.3 Å². The highest BCUT2D eigenvalue weighted by Gasteiger charge is 2.31. The van der Waals surface area contributed by atoms with Gasteiger partial charge in [0.1, 0.15) is 0 Å². The second-order valence-electron chi connectivity index (χ2n) is 3.80. The van der Waals surface area contributed by atoms with Gasteiger partial charge in [-0.3, -0.25) is 0 Å². The van der Waals surface area contributed by atoms with Crippen molar-refractivity contribution in [2.75, 3.05) is 13.2 Å². The Kier molecular flexibility index (Phi) is 2.72. The van der Waals surface area contributed by atoms with Crippen molar-refractivity contribution in [3.05, 3.63) is 41.2 Å². The Balaban J connectivity index is 2.24. The largest absolute Gasteiger partial charge is 0.385 e. The van der Waals surface area contributed by atoms with Crippen molar-refractivity contribution in [1.82, 2.24) is 0 Å². The van der Waals surface area contributed by atoms with Gasteiger partial charge in [-0.05, 0) is 5.56 Å². The summed E-state index contributed by atoms with van der Waals surface area (Å²) in [5.74, 6) is 0. The Bertz CT molecular complexity index is 372. The summed E-state index contributed by atoms with van der Waals surface area (Å²) in [5.41, 5.74) is 0.728. The van der Waals surface area contributed by atoms with Crippen LogP contribution in [0.3, 0.4) is 0 Å². The zero-order valence-corrected chi connectivity index (χ0v) is 8.44. The van der Waals surface area contributed by atoms with E-state index in [0.29, 0.717) is 31.7 Å². The monoisotopic (exact) mass is 203 g/mol. The van der Waals surface area contributed by atoms with Crippen molar-refractivity contribution >= 4 is 5.69 Å². The lowest BCUT2D eigenvalue weighted by Gasteiger charge is -2.32. The van der Waals surface area contributed by atoms with Gasteiger partial charge in [0, 0.05) is 26.1 Å². The Morgan fingerprint density at radius 2 is 1.80 bits per heavy atom. The highest BCUT2D eigenvalue weighted by atomic mass is 16.5. The first kappa shape index (κ1) is 10.2. The molecule has 1 saturated heterocycles. The maximum absolute atomic E-state index is 10.3. The topological polar surface area (TPSA) is 33.8 Å². The smallest absolute Gasteiger partial charge is 0.187 e. The van der Waals surface area contributed by atoms with Crippen LogP contribution in [0.5, 0.6) is 0 Å². The number of benzene rings is 1. The first-order valence-electron chi connectivity index (χ1n) is 5.03. The molecule has 2 rings (SSSR count). The summed E-state index contributed by atoms with van der Waals surface area (Å²) in [6.07, 6.45) is 1.26. The molecule has 1 aromatic carbocycles. The van der Waals surface area contributed by atoms with Crippen LogP contribution in [0.1, 0.15) is 18.4 Å². The van der Waals surface area contributed by atoms with Gasteiger partial charge >= 0.3 is 0 Å². The maximum Gasteiger partial charge on any atom is 0.187 e. The summed E-state index contributed by atoms with van der Waals surface area (Å²) in [5, 5.41) is 10.3. The Labute approximate surface area is 89.1 Å². The minimum atomic E-state index is -0.765. The molecule has 1 heterocycles. The van der Waals surface area contributed by atoms with Crippen LogP contribution < -0.4 is 0 Å². The van der Waals surface area contributed by atoms with E-state index in [1.54, 1.807) is 12.1 Å². The SMILES string of the molecule is [C-]#[N+]c1ccc(C2(O)CCOCC2)cc1. The molecule has 0 bridgehead atoms. The van der Waals surface area contributed by atoms with Gasteiger partial charge in [0.15, 0.2) is 5.69 Å². The summed E-state index contributed by atoms with van der Waals surface area (Å²) >= 11 is 0. The third-order valence-electron chi connectivity index (χ3n) is 2.85. The fourth-order valence-electron chi connectivity index (χ4n) is 1.84. The fraction of sp³-hybridized carbons (Fsp3) is 0.417. The predicted molar refractivity (Wildman–Crippen MR) is 56.7 cm³/mol. The molecule has 3 heteroatoms. The minimum Gasteiger partial charge on any atom is -0.385 e. The first-order chi connectivity index (χ1) is 7.24. The molecule has 0 spiro atoms. The van der Waals surface area contributed by atoms with Crippen LogP contribution in [0, 0.1) is 6.57 Å². The second-order valence-corrected chi connectivity index (χ2v) is 3.80. The van der Waals surface area contributed by atoms with Gasteiger partial charge in [0.2, 0.25) is 0 Å². The van der Waals surface area contributed by atoms with Crippen LogP contribution in [0.2, 0.25) is 0 Å². The van der Waals surface area contributed by atoms with E-state index in [0.717, 1.165) is 5.56 Å². The Hall–Kier alpha value is -1.37. The summed E-state index contributed by atoms with van der Waals surface area (Å²) < 4.78 is 5.22. The third-order valence-corrected chi connectivity index (χ3v) is 2.85. The van der Waals surface area contributed by atoms with Gasteiger partial charge in [-0.25, -0.2) is 4.85 Å². The molecule has 1 fully saturated rings. The normalized spacial score (nSPS) is 19.5. The lowest BCUT2D eigenvalue weighted by atomic mass is 9.86. The number of hydrogen-bond acceptors (Lipinski definition) is 2. The quantitative estimate of drug-likeness (QED) is 0.710. The highest BCUT2D eigenvalue weighted by molar-refractivity contribution is 5.46. The zero-order valence-electron chi connectivity index (χ0n) is 8.44. The average Bonchev–Trinajstić information content (AvgIpc) is 2.30. The van der Waals surface area contributed by atoms with Gasteiger partial charge in [0.05, 0.1) is 12.2 Å². The molecule has 78 valence electrons. The van der Waals surface area contributed by atoms with Crippen LogP contribution in [0.4, 0.5) is 5.69 Å². The van der Waals surface area contributed by atoms with E-state index in [1.807, 2.05) is 12.1 Å². The van der Waals surface area contributed by atoms with Crippen molar-refractivity contribution in [1.29, 1.82) is 0 Å². The second kappa shape index (κ2) is 4.01. The van der Waals surface area contributed by atoms with E-state index in [4.69, 9.17) is 11.3 Å². The molecule has 0 aromatic heterocycles. The molecule has 1 N–H and O–H groups in total. The van der Waals surface area contributed by atoms with E-state index in [-0.39, 0.29) is 0 Å². The van der Waals surface area contributed by atoms with Crippen molar-refractivity contribution in [2.45, 2.75) is 18.4 Å². The molecular formula is C12H13NO2. The van der Waals surface area contributed by atoms with Crippen molar-refractivity contribution < 1.29 is 9.84 Å². The van der Waals surface area contributed by atoms with Crippen LogP contribution >= 0.6 is 0 Å². The molecule has 15 heavy (non-hydrogen) atoms. The van der Waals surface area contributed by atoms with E-state index in [9.17, 15) is 5.11 Å². The highest BCUT2D eigenvalue weighted by Crippen LogP contribution is 2.32. The van der Waals surface area contributed by atoms with Crippen LogP contribution in [-0.4, -0.2) is 18.3 Å². The van der Waals surface area contributed by atoms with Crippen molar-refractivity contribution in [3.8, 4) is 0 Å². The van der Waals surface area contributed by atoms with Crippen LogP contribution in [0.25, 0.3) is 4.85 Å². The fourth-order valence-corrected chi connectivity index (χ4v) is 1.84. The lowest BCUT2D eigenvalue weighted by molar-refractivity contribution is -0.0679. The predicted octanol–water partition coefficient (Wildman–Crippen LogP) is 2.24. The Morgan fingerprint density at radius 3 is 2.33 bits per heavy atom. The molecule has 0 amide bonds. The Morgan fingerprint density at radius 1 is 1.20 bits per heavy atom. The van der Waals surface area contributed by atoms with E-state index >= 15 is 0 Å². The summed E-state index contributed by atoms with van der Waals surface area (Å²) in [6.45, 7) is 8.05. The van der Waals surface area contributed by atoms with Gasteiger partial charge in [0.25, 0.3) is 0 Å². The molecule has 0 aliphatic carbocycles. The molecule has 1 aliphatic rings. The number of hydrogen-bond donors (Lipinski definition) is 1. The molecule has 0 saturated carbocycles. The minimum absolute atomic E-state index is 0.598. The van der Waals surface area contributed by atoms with E-state index in [2.05, 4.69) is 4.85 Å². The first-order valence-corrected chi connectivity index (χ1v) is 5.03. The van der Waals surface area contributed by atoms with Crippen LogP contribution in [-0.2, 0) is 10.3 Å². The molecule has 1 aromatic rings. The van der Waals surface area contributed by atoms with Gasteiger partial charge in [-0.2, -0.15) is 0 Å². The maximum atomic E-state index is 10.3. The van der Waals surface area contributed by atoms with Gasteiger partial charge < -0.3 is 9.84 Å². The molecule has 1 aliphatic heterocycles. The van der Waals surface area contributed by atoms with E-state index in [1.165, 1.54) is 0 Å². The molecule has 3 nitrogen and oxygen atoms in total. The van der Waals surface area contributed by atoms with E-state index < -0.39 is 5.60 Å². The molecule has 0 radical (unpaired) electrons. The molecular weight excluding hydrogens is 190 g/mol. The average molecular weight is 203 g/mol.